The van der Waals surface area contributed by atoms with Gasteiger partial charge in [-0.15, -0.1) is 0 Å². The van der Waals surface area contributed by atoms with Gasteiger partial charge in [-0.05, 0) is 38.0 Å². The van der Waals surface area contributed by atoms with Crippen molar-refractivity contribution in [1.82, 2.24) is 9.97 Å². The maximum atomic E-state index is 4.51. The number of nitrogens with zero attached hydrogens (tertiary/aromatic N) is 2. The normalized spacial score (nSPS) is 10.4. The van der Waals surface area contributed by atoms with Gasteiger partial charge in [0.05, 0.1) is 0 Å². The third-order valence-corrected chi connectivity index (χ3v) is 3.79. The summed E-state index contributed by atoms with van der Waals surface area (Å²) in [6, 6.07) is 6.16. The van der Waals surface area contributed by atoms with Crippen LogP contribution in [-0.4, -0.2) is 16.5 Å². The fourth-order valence-electron chi connectivity index (χ4n) is 1.70. The van der Waals surface area contributed by atoms with Crippen LogP contribution >= 0.6 is 15.9 Å². The minimum absolute atomic E-state index is 0.658. The highest BCUT2D eigenvalue weighted by atomic mass is 79.9. The Morgan fingerprint density at radius 2 is 2.00 bits per heavy atom. The highest BCUT2D eigenvalue weighted by Crippen LogP contribution is 2.24. The van der Waals surface area contributed by atoms with Crippen molar-refractivity contribution in [2.45, 2.75) is 27.2 Å². The van der Waals surface area contributed by atoms with Crippen molar-refractivity contribution in [2.24, 2.45) is 0 Å². The second kappa shape index (κ2) is 6.70. The van der Waals surface area contributed by atoms with Gasteiger partial charge in [0, 0.05) is 28.5 Å². The molecule has 0 unspecified atom stereocenters. The van der Waals surface area contributed by atoms with Crippen LogP contribution in [0.3, 0.4) is 0 Å². The zero-order valence-electron chi connectivity index (χ0n) is 12.0. The molecule has 4 nitrogen and oxygen atoms in total. The Morgan fingerprint density at radius 1 is 1.20 bits per heavy atom. The zero-order valence-corrected chi connectivity index (χ0v) is 13.6. The van der Waals surface area contributed by atoms with Crippen molar-refractivity contribution in [1.29, 1.82) is 0 Å². The second-order valence-electron chi connectivity index (χ2n) is 4.74. The third-order valence-electron chi connectivity index (χ3n) is 2.94. The van der Waals surface area contributed by atoms with E-state index in [0.717, 1.165) is 34.5 Å². The molecule has 0 fully saturated rings. The molecule has 0 aliphatic carbocycles. The summed E-state index contributed by atoms with van der Waals surface area (Å²) < 4.78 is 1.08. The van der Waals surface area contributed by atoms with Crippen LogP contribution in [0.5, 0.6) is 0 Å². The van der Waals surface area contributed by atoms with Gasteiger partial charge in [0.2, 0.25) is 5.95 Å². The molecule has 1 aromatic carbocycles. The molecule has 0 amide bonds. The van der Waals surface area contributed by atoms with Crippen molar-refractivity contribution in [2.75, 3.05) is 17.2 Å². The van der Waals surface area contributed by atoms with Gasteiger partial charge in [0.1, 0.15) is 5.82 Å². The molecule has 1 heterocycles. The topological polar surface area (TPSA) is 49.8 Å². The summed E-state index contributed by atoms with van der Waals surface area (Å²) in [5.74, 6) is 1.49. The second-order valence-corrected chi connectivity index (χ2v) is 5.60. The number of rotatable bonds is 5. The van der Waals surface area contributed by atoms with Gasteiger partial charge in [-0.1, -0.05) is 28.9 Å². The van der Waals surface area contributed by atoms with E-state index in [-0.39, 0.29) is 0 Å². The first-order chi connectivity index (χ1) is 9.60. The van der Waals surface area contributed by atoms with Crippen LogP contribution in [0.15, 0.2) is 28.9 Å². The molecule has 5 heteroatoms. The standard InChI is InChI=1S/C15H19BrN4/c1-4-7-17-15-18-9-11(3)14(20-15)19-12-6-5-10(2)13(16)8-12/h5-6,8-9H,4,7H2,1-3H3,(H2,17,18,19,20). The Hall–Kier alpha value is -1.62. The molecule has 20 heavy (non-hydrogen) atoms. The summed E-state index contributed by atoms with van der Waals surface area (Å²) in [6.45, 7) is 7.05. The number of anilines is 3. The largest absolute Gasteiger partial charge is 0.354 e. The van der Waals surface area contributed by atoms with E-state index in [9.17, 15) is 0 Å². The fraction of sp³-hybridized carbons (Fsp3) is 0.333. The van der Waals surface area contributed by atoms with Crippen molar-refractivity contribution in [3.05, 3.63) is 40.0 Å². The van der Waals surface area contributed by atoms with Gasteiger partial charge in [0.25, 0.3) is 0 Å². The monoisotopic (exact) mass is 334 g/mol. The molecule has 0 aliphatic rings. The number of benzene rings is 1. The van der Waals surface area contributed by atoms with Gasteiger partial charge in [0.15, 0.2) is 0 Å². The van der Waals surface area contributed by atoms with Crippen LogP contribution in [0.2, 0.25) is 0 Å². The molecular weight excluding hydrogens is 316 g/mol. The lowest BCUT2D eigenvalue weighted by molar-refractivity contribution is 0.950. The predicted octanol–water partition coefficient (Wildman–Crippen LogP) is 4.42. The van der Waals surface area contributed by atoms with Crippen molar-refractivity contribution in [3.63, 3.8) is 0 Å². The van der Waals surface area contributed by atoms with E-state index in [0.29, 0.717) is 5.95 Å². The summed E-state index contributed by atoms with van der Waals surface area (Å²) in [5, 5.41) is 6.53. The first-order valence-corrected chi connectivity index (χ1v) is 7.50. The number of hydrogen-bond acceptors (Lipinski definition) is 4. The molecule has 0 saturated carbocycles. The van der Waals surface area contributed by atoms with E-state index >= 15 is 0 Å². The van der Waals surface area contributed by atoms with Crippen LogP contribution in [0.4, 0.5) is 17.5 Å². The van der Waals surface area contributed by atoms with E-state index in [1.165, 1.54) is 5.56 Å². The number of nitrogens with one attached hydrogen (secondary N) is 2. The number of halogens is 1. The summed E-state index contributed by atoms with van der Waals surface area (Å²) in [6.07, 6.45) is 2.88. The van der Waals surface area contributed by atoms with Gasteiger partial charge >= 0.3 is 0 Å². The SMILES string of the molecule is CCCNc1ncc(C)c(Nc2ccc(C)c(Br)c2)n1. The molecule has 2 N–H and O–H groups in total. The summed E-state index contributed by atoms with van der Waals surface area (Å²) in [7, 11) is 0. The quantitative estimate of drug-likeness (QED) is 0.849. The van der Waals surface area contributed by atoms with Gasteiger partial charge in [-0.2, -0.15) is 4.98 Å². The molecule has 0 aliphatic heterocycles. The Labute approximate surface area is 128 Å². The predicted molar refractivity (Wildman–Crippen MR) is 87.7 cm³/mol. The van der Waals surface area contributed by atoms with E-state index in [1.807, 2.05) is 19.2 Å². The van der Waals surface area contributed by atoms with E-state index < -0.39 is 0 Å². The Morgan fingerprint density at radius 3 is 2.70 bits per heavy atom. The molecule has 2 aromatic rings. The van der Waals surface area contributed by atoms with E-state index in [2.05, 4.69) is 62.5 Å². The lowest BCUT2D eigenvalue weighted by Crippen LogP contribution is -2.06. The van der Waals surface area contributed by atoms with Crippen LogP contribution in [0.1, 0.15) is 24.5 Å². The minimum Gasteiger partial charge on any atom is -0.354 e. The average molecular weight is 335 g/mol. The average Bonchev–Trinajstić information content (AvgIpc) is 2.44. The van der Waals surface area contributed by atoms with Crippen LogP contribution in [0, 0.1) is 13.8 Å². The molecule has 0 atom stereocenters. The molecule has 1 aromatic heterocycles. The fourth-order valence-corrected chi connectivity index (χ4v) is 2.08. The number of aryl methyl sites for hydroxylation is 2. The Balaban J connectivity index is 2.20. The summed E-state index contributed by atoms with van der Waals surface area (Å²) in [5.41, 5.74) is 3.23. The Bertz CT molecular complexity index is 598. The highest BCUT2D eigenvalue weighted by Gasteiger charge is 2.05. The molecule has 0 spiro atoms. The number of aromatic nitrogens is 2. The van der Waals surface area contributed by atoms with Gasteiger partial charge in [-0.25, -0.2) is 4.98 Å². The van der Waals surface area contributed by atoms with Crippen LogP contribution < -0.4 is 10.6 Å². The molecule has 106 valence electrons. The number of hydrogen-bond donors (Lipinski definition) is 2. The summed E-state index contributed by atoms with van der Waals surface area (Å²) >= 11 is 3.54. The lowest BCUT2D eigenvalue weighted by atomic mass is 10.2. The molecular formula is C15H19BrN4. The zero-order chi connectivity index (χ0) is 14.5. The first-order valence-electron chi connectivity index (χ1n) is 6.71. The lowest BCUT2D eigenvalue weighted by Gasteiger charge is -2.11. The van der Waals surface area contributed by atoms with Crippen molar-refractivity contribution >= 4 is 33.4 Å². The highest BCUT2D eigenvalue weighted by molar-refractivity contribution is 9.10. The van der Waals surface area contributed by atoms with Gasteiger partial charge in [-0.3, -0.25) is 0 Å². The van der Waals surface area contributed by atoms with Crippen LogP contribution in [-0.2, 0) is 0 Å². The smallest absolute Gasteiger partial charge is 0.224 e. The first kappa shape index (κ1) is 14.8. The minimum atomic E-state index is 0.658. The van der Waals surface area contributed by atoms with Crippen LogP contribution in [0.25, 0.3) is 0 Å². The molecule has 0 bridgehead atoms. The van der Waals surface area contributed by atoms with E-state index in [4.69, 9.17) is 0 Å². The molecule has 2 rings (SSSR count). The molecule has 0 radical (unpaired) electrons. The van der Waals surface area contributed by atoms with Crippen molar-refractivity contribution in [3.8, 4) is 0 Å². The van der Waals surface area contributed by atoms with E-state index in [1.54, 1.807) is 0 Å². The maximum Gasteiger partial charge on any atom is 0.224 e. The maximum absolute atomic E-state index is 4.51. The Kier molecular flexibility index (Phi) is 4.95. The molecule has 0 saturated heterocycles. The third kappa shape index (κ3) is 3.70. The summed E-state index contributed by atoms with van der Waals surface area (Å²) in [4.78, 5) is 8.79. The van der Waals surface area contributed by atoms with Crippen molar-refractivity contribution < 1.29 is 0 Å². The van der Waals surface area contributed by atoms with Gasteiger partial charge < -0.3 is 10.6 Å².